The molecule has 2 fully saturated rings. The Hall–Kier alpha value is -3.48. The summed E-state index contributed by atoms with van der Waals surface area (Å²) in [7, 11) is 0. The molecule has 5 rings (SSSR count). The number of thioether (sulfide) groups is 1. The predicted molar refractivity (Wildman–Crippen MR) is 145 cm³/mol. The van der Waals surface area contributed by atoms with Crippen LogP contribution in [-0.4, -0.2) is 51.5 Å². The van der Waals surface area contributed by atoms with Gasteiger partial charge in [-0.3, -0.25) is 24.7 Å². The molecule has 0 atom stereocenters. The highest BCUT2D eigenvalue weighted by Crippen LogP contribution is 2.29. The Bertz CT molecular complexity index is 1420. The number of carbonyl (C=O) groups is 3. The Morgan fingerprint density at radius 2 is 2.05 bits per heavy atom. The molecule has 2 amide bonds. The molecule has 3 aromatic rings. The first-order valence-electron chi connectivity index (χ1n) is 12.1. The van der Waals surface area contributed by atoms with Gasteiger partial charge in [-0.15, -0.1) is 11.3 Å². The van der Waals surface area contributed by atoms with Gasteiger partial charge in [-0.25, -0.2) is 14.4 Å². The molecule has 0 aliphatic carbocycles. The fourth-order valence-electron chi connectivity index (χ4n) is 4.31. The zero-order chi connectivity index (χ0) is 26.6. The number of ketones is 1. The summed E-state index contributed by atoms with van der Waals surface area (Å²) in [5, 5.41) is 5.23. The highest BCUT2D eigenvalue weighted by molar-refractivity contribution is 8.18. The van der Waals surface area contributed by atoms with Crippen molar-refractivity contribution in [3.63, 3.8) is 0 Å². The molecule has 0 unspecified atom stereocenters. The van der Waals surface area contributed by atoms with Gasteiger partial charge in [-0.2, -0.15) is 0 Å². The third kappa shape index (κ3) is 6.14. The molecule has 12 heteroatoms. The van der Waals surface area contributed by atoms with Crippen molar-refractivity contribution in [2.45, 2.75) is 26.3 Å². The van der Waals surface area contributed by atoms with Gasteiger partial charge in [-0.1, -0.05) is 0 Å². The molecule has 0 bridgehead atoms. The van der Waals surface area contributed by atoms with Gasteiger partial charge < -0.3 is 10.2 Å². The van der Waals surface area contributed by atoms with Crippen LogP contribution in [0.1, 0.15) is 40.7 Å². The van der Waals surface area contributed by atoms with Gasteiger partial charge in [0.2, 0.25) is 5.95 Å². The molecule has 2 saturated heterocycles. The Morgan fingerprint density at radius 3 is 2.76 bits per heavy atom. The van der Waals surface area contributed by atoms with Crippen LogP contribution in [0.15, 0.2) is 41.6 Å². The molecule has 5 heterocycles. The number of hydrogen-bond acceptors (Lipinski definition) is 10. The third-order valence-electron chi connectivity index (χ3n) is 6.37. The topological polar surface area (TPSA) is 117 Å². The van der Waals surface area contributed by atoms with E-state index in [1.807, 2.05) is 6.07 Å². The van der Waals surface area contributed by atoms with Gasteiger partial charge in [0.1, 0.15) is 5.82 Å². The van der Waals surface area contributed by atoms with Crippen molar-refractivity contribution >= 4 is 52.1 Å². The Kier molecular flexibility index (Phi) is 7.91. The van der Waals surface area contributed by atoms with E-state index in [9.17, 15) is 18.8 Å². The molecule has 3 aromatic heterocycles. The molecule has 38 heavy (non-hydrogen) atoms. The molecular weight excluding hydrogens is 527 g/mol. The van der Waals surface area contributed by atoms with E-state index in [-0.39, 0.29) is 16.8 Å². The molecular formula is C26H25FN6O3S2. The van der Waals surface area contributed by atoms with Crippen LogP contribution in [0.5, 0.6) is 0 Å². The summed E-state index contributed by atoms with van der Waals surface area (Å²) < 4.78 is 14.4. The summed E-state index contributed by atoms with van der Waals surface area (Å²) in [6.45, 7) is 4.23. The number of pyridine rings is 1. The lowest BCUT2D eigenvalue weighted by molar-refractivity contribution is -0.115. The summed E-state index contributed by atoms with van der Waals surface area (Å²) in [6.07, 6.45) is 6.34. The summed E-state index contributed by atoms with van der Waals surface area (Å²) in [5.74, 6) is 0.256. The van der Waals surface area contributed by atoms with E-state index in [1.165, 1.54) is 24.5 Å². The molecule has 0 saturated carbocycles. The number of anilines is 1. The minimum Gasteiger partial charge on any atom is -0.341 e. The van der Waals surface area contributed by atoms with E-state index in [4.69, 9.17) is 0 Å². The average molecular weight is 553 g/mol. The third-order valence-corrected chi connectivity index (χ3v) is 8.39. The number of imide groups is 1. The van der Waals surface area contributed by atoms with Gasteiger partial charge in [-0.05, 0) is 74.3 Å². The van der Waals surface area contributed by atoms with E-state index >= 15 is 0 Å². The minimum atomic E-state index is -0.412. The summed E-state index contributed by atoms with van der Waals surface area (Å²) in [5.41, 5.74) is 1.77. The monoisotopic (exact) mass is 552 g/mol. The van der Waals surface area contributed by atoms with Gasteiger partial charge >= 0.3 is 0 Å². The molecule has 0 spiro atoms. The number of piperidine rings is 1. The molecule has 196 valence electrons. The number of hydrogen-bond donors (Lipinski definition) is 2. The number of rotatable bonds is 8. The molecule has 2 aliphatic rings. The molecule has 0 radical (unpaired) electrons. The summed E-state index contributed by atoms with van der Waals surface area (Å²) >= 11 is 2.22. The maximum atomic E-state index is 14.4. The largest absolute Gasteiger partial charge is 0.341 e. The first-order chi connectivity index (χ1) is 18.4. The van der Waals surface area contributed by atoms with Crippen molar-refractivity contribution in [2.75, 3.05) is 24.5 Å². The number of amides is 2. The second kappa shape index (κ2) is 11.5. The summed E-state index contributed by atoms with van der Waals surface area (Å²) in [4.78, 5) is 51.8. The number of Topliss-reactive ketones (excluding diaryl/α,β-unsaturated/α-hetero) is 1. The van der Waals surface area contributed by atoms with Crippen LogP contribution in [0.3, 0.4) is 0 Å². The predicted octanol–water partition coefficient (Wildman–Crippen LogP) is 4.27. The van der Waals surface area contributed by atoms with Crippen molar-refractivity contribution in [1.29, 1.82) is 0 Å². The van der Waals surface area contributed by atoms with Crippen molar-refractivity contribution in [3.05, 3.63) is 63.5 Å². The lowest BCUT2D eigenvalue weighted by Crippen LogP contribution is -2.38. The lowest BCUT2D eigenvalue weighted by atomic mass is 9.97. The standard InChI is InChI=1S/C26H25FN6O3S2/c1-15(34)21-2-3-22(37-21)20-10-17(19(27)14-30-20)13-28-12-16-5-8-33(9-6-16)25-29-7-4-18(31-25)11-23-24(35)32-26(36)38-23/h2-4,7,10-11,14,16,28H,5-6,8-9,12-13H2,1H3,(H,32,35,36)/b23-11-. The quantitative estimate of drug-likeness (QED) is 0.312. The zero-order valence-electron chi connectivity index (χ0n) is 20.6. The van der Waals surface area contributed by atoms with E-state index in [0.717, 1.165) is 49.1 Å². The molecule has 0 aromatic carbocycles. The Balaban J connectivity index is 1.13. The Labute approximate surface area is 227 Å². The maximum Gasteiger partial charge on any atom is 0.290 e. The number of thiophene rings is 1. The van der Waals surface area contributed by atoms with Crippen molar-refractivity contribution in [2.24, 2.45) is 5.92 Å². The SMILES string of the molecule is CC(=O)c1ccc(-c2cc(CNCC3CCN(c4nccc(/C=C5\SC(=O)NC5=O)n4)CC3)c(F)cn2)s1. The van der Waals surface area contributed by atoms with Gasteiger partial charge in [0.25, 0.3) is 11.1 Å². The number of nitrogens with one attached hydrogen (secondary N) is 2. The smallest absolute Gasteiger partial charge is 0.290 e. The molecule has 2 aliphatic heterocycles. The van der Waals surface area contributed by atoms with Crippen molar-refractivity contribution < 1.29 is 18.8 Å². The molecule has 2 N–H and O–H groups in total. The minimum absolute atomic E-state index is 0.00260. The van der Waals surface area contributed by atoms with Gasteiger partial charge in [0, 0.05) is 31.4 Å². The summed E-state index contributed by atoms with van der Waals surface area (Å²) in [6, 6.07) is 7.05. The highest BCUT2D eigenvalue weighted by Gasteiger charge is 2.26. The van der Waals surface area contributed by atoms with Crippen LogP contribution in [0.4, 0.5) is 15.1 Å². The fraction of sp³-hybridized carbons (Fsp3) is 0.308. The number of aromatic nitrogens is 3. The van der Waals surface area contributed by atoms with Crippen LogP contribution in [0.2, 0.25) is 0 Å². The lowest BCUT2D eigenvalue weighted by Gasteiger charge is -2.32. The van der Waals surface area contributed by atoms with E-state index in [0.29, 0.717) is 45.1 Å². The van der Waals surface area contributed by atoms with Crippen LogP contribution < -0.4 is 15.5 Å². The van der Waals surface area contributed by atoms with Gasteiger partial charge in [0.15, 0.2) is 5.78 Å². The Morgan fingerprint density at radius 1 is 1.24 bits per heavy atom. The number of halogens is 1. The van der Waals surface area contributed by atoms with Crippen LogP contribution >= 0.6 is 23.1 Å². The van der Waals surface area contributed by atoms with Crippen LogP contribution in [0.25, 0.3) is 16.6 Å². The zero-order valence-corrected chi connectivity index (χ0v) is 22.2. The number of carbonyl (C=O) groups excluding carboxylic acids is 3. The first kappa shape index (κ1) is 26.1. The van der Waals surface area contributed by atoms with Crippen molar-refractivity contribution in [1.82, 2.24) is 25.6 Å². The molecule has 9 nitrogen and oxygen atoms in total. The van der Waals surface area contributed by atoms with Crippen molar-refractivity contribution in [3.8, 4) is 10.6 Å². The fourth-order valence-corrected chi connectivity index (χ4v) is 5.85. The average Bonchev–Trinajstić information content (AvgIpc) is 3.52. The van der Waals surface area contributed by atoms with E-state index < -0.39 is 5.91 Å². The van der Waals surface area contributed by atoms with E-state index in [2.05, 4.69) is 30.5 Å². The second-order valence-electron chi connectivity index (χ2n) is 9.08. The normalized spacial score (nSPS) is 17.3. The van der Waals surface area contributed by atoms with Crippen LogP contribution in [0, 0.1) is 11.7 Å². The second-order valence-corrected chi connectivity index (χ2v) is 11.2. The number of nitrogens with zero attached hydrogens (tertiary/aromatic N) is 4. The van der Waals surface area contributed by atoms with E-state index in [1.54, 1.807) is 30.5 Å². The first-order valence-corrected chi connectivity index (χ1v) is 13.8. The van der Waals surface area contributed by atoms with Crippen LogP contribution in [-0.2, 0) is 11.3 Å². The maximum absolute atomic E-state index is 14.4. The highest BCUT2D eigenvalue weighted by atomic mass is 32.2. The van der Waals surface area contributed by atoms with Gasteiger partial charge in [0.05, 0.1) is 32.2 Å².